The highest BCUT2D eigenvalue weighted by Crippen LogP contribution is 2.44. The van der Waals surface area contributed by atoms with Crippen molar-refractivity contribution in [3.8, 4) is 0 Å². The second-order valence-electron chi connectivity index (χ2n) is 6.14. The van der Waals surface area contributed by atoms with Crippen LogP contribution in [0.4, 0.5) is 4.79 Å². The van der Waals surface area contributed by atoms with Crippen molar-refractivity contribution in [1.82, 2.24) is 4.90 Å². The van der Waals surface area contributed by atoms with Crippen LogP contribution in [0.15, 0.2) is 0 Å². The molecule has 1 aliphatic heterocycles. The Kier molecular flexibility index (Phi) is 2.86. The van der Waals surface area contributed by atoms with Gasteiger partial charge in [0.25, 0.3) is 0 Å². The van der Waals surface area contributed by atoms with Gasteiger partial charge in [-0.1, -0.05) is 0 Å². The van der Waals surface area contributed by atoms with E-state index in [9.17, 15) is 15.0 Å². The van der Waals surface area contributed by atoms with Crippen LogP contribution in [0, 0.1) is 0 Å². The number of hydrogen-bond acceptors (Lipinski definition) is 4. The highest BCUT2D eigenvalue weighted by atomic mass is 16.6. The Morgan fingerprint density at radius 1 is 1.41 bits per heavy atom. The molecule has 1 amide bonds. The average Bonchev–Trinajstić information content (AvgIpc) is 2.74. The van der Waals surface area contributed by atoms with Crippen LogP contribution in [-0.2, 0) is 4.74 Å². The van der Waals surface area contributed by atoms with Crippen LogP contribution in [-0.4, -0.2) is 51.1 Å². The minimum Gasteiger partial charge on any atom is -0.444 e. The largest absolute Gasteiger partial charge is 0.444 e. The van der Waals surface area contributed by atoms with E-state index < -0.39 is 23.4 Å². The third-order valence-electron chi connectivity index (χ3n) is 3.29. The van der Waals surface area contributed by atoms with Gasteiger partial charge in [0, 0.05) is 0 Å². The molecule has 0 bridgehead atoms. The monoisotopic (exact) mass is 243 g/mol. The maximum atomic E-state index is 12.0. The quantitative estimate of drug-likeness (QED) is 0.717. The fourth-order valence-corrected chi connectivity index (χ4v) is 2.31. The Morgan fingerprint density at radius 3 is 2.47 bits per heavy atom. The summed E-state index contributed by atoms with van der Waals surface area (Å²) in [6.45, 7) is 5.66. The van der Waals surface area contributed by atoms with Gasteiger partial charge in [0.15, 0.2) is 0 Å². The van der Waals surface area contributed by atoms with E-state index in [2.05, 4.69) is 0 Å². The lowest BCUT2D eigenvalue weighted by molar-refractivity contribution is -0.00113. The molecule has 1 saturated heterocycles. The Bertz CT molecular complexity index is 319. The molecule has 0 aromatic heterocycles. The number of rotatable bonds is 1. The second-order valence-corrected chi connectivity index (χ2v) is 6.14. The van der Waals surface area contributed by atoms with Crippen LogP contribution in [0.25, 0.3) is 0 Å². The molecule has 98 valence electrons. The molecule has 0 aromatic carbocycles. The molecular weight excluding hydrogens is 222 g/mol. The summed E-state index contributed by atoms with van der Waals surface area (Å²) in [6, 6.07) is -0.299. The van der Waals surface area contributed by atoms with Crippen molar-refractivity contribution in [2.75, 3.05) is 6.54 Å². The molecule has 2 aliphatic rings. The summed E-state index contributed by atoms with van der Waals surface area (Å²) >= 11 is 0. The Balaban J connectivity index is 2.05. The highest BCUT2D eigenvalue weighted by molar-refractivity contribution is 5.69. The Morgan fingerprint density at radius 2 is 2.00 bits per heavy atom. The second kappa shape index (κ2) is 3.85. The number of hydrogen-bond donors (Lipinski definition) is 2. The lowest BCUT2D eigenvalue weighted by Crippen LogP contribution is -2.46. The summed E-state index contributed by atoms with van der Waals surface area (Å²) in [4.78, 5) is 13.4. The molecule has 1 saturated carbocycles. The standard InChI is InChI=1S/C12H21NO4/c1-11(2,3)17-10(15)13-7-8(14)6-9(13)12(16)4-5-12/h8-9,14,16H,4-7H2,1-3H3/t8-,9+/m1/s1. The van der Waals surface area contributed by atoms with Gasteiger partial charge in [-0.2, -0.15) is 0 Å². The zero-order valence-electron chi connectivity index (χ0n) is 10.6. The van der Waals surface area contributed by atoms with E-state index >= 15 is 0 Å². The lowest BCUT2D eigenvalue weighted by atomic mass is 10.1. The van der Waals surface area contributed by atoms with E-state index in [1.807, 2.05) is 0 Å². The Hall–Kier alpha value is -0.810. The molecule has 5 heteroatoms. The first-order chi connectivity index (χ1) is 7.71. The van der Waals surface area contributed by atoms with Crippen molar-refractivity contribution in [3.05, 3.63) is 0 Å². The SMILES string of the molecule is CC(C)(C)OC(=O)N1C[C@H](O)C[C@H]1C1(O)CC1. The zero-order chi connectivity index (χ0) is 12.8. The van der Waals surface area contributed by atoms with E-state index in [1.54, 1.807) is 20.8 Å². The number of carbonyl (C=O) groups is 1. The molecule has 2 N–H and O–H groups in total. The predicted octanol–water partition coefficient (Wildman–Crippen LogP) is 0.882. The minimum absolute atomic E-state index is 0.252. The highest BCUT2D eigenvalue weighted by Gasteiger charge is 2.55. The number of β-amino-alcohol motifs (C(OH)–C–C–N with tert-alkyl or cyclic N) is 1. The molecule has 0 aromatic rings. The third kappa shape index (κ3) is 2.72. The van der Waals surface area contributed by atoms with Gasteiger partial charge in [-0.25, -0.2) is 4.79 Å². The van der Waals surface area contributed by atoms with E-state index in [1.165, 1.54) is 4.90 Å². The van der Waals surface area contributed by atoms with Crippen LogP contribution in [0.1, 0.15) is 40.0 Å². The number of amides is 1. The molecule has 2 fully saturated rings. The van der Waals surface area contributed by atoms with Crippen molar-refractivity contribution in [2.24, 2.45) is 0 Å². The summed E-state index contributed by atoms with van der Waals surface area (Å²) in [5, 5.41) is 19.8. The first kappa shape index (κ1) is 12.6. The van der Waals surface area contributed by atoms with Crippen molar-refractivity contribution in [1.29, 1.82) is 0 Å². The number of carbonyl (C=O) groups excluding carboxylic acids is 1. The summed E-state index contributed by atoms with van der Waals surface area (Å²) < 4.78 is 5.29. The van der Waals surface area contributed by atoms with Gasteiger partial charge >= 0.3 is 6.09 Å². The van der Waals surface area contributed by atoms with Crippen LogP contribution in [0.2, 0.25) is 0 Å². The van der Waals surface area contributed by atoms with E-state index in [4.69, 9.17) is 4.74 Å². The minimum atomic E-state index is -0.797. The molecule has 5 nitrogen and oxygen atoms in total. The van der Waals surface area contributed by atoms with Gasteiger partial charge in [0.05, 0.1) is 24.3 Å². The molecule has 0 radical (unpaired) electrons. The average molecular weight is 243 g/mol. The van der Waals surface area contributed by atoms with E-state index in [0.29, 0.717) is 19.3 Å². The van der Waals surface area contributed by atoms with Crippen LogP contribution >= 0.6 is 0 Å². The molecule has 17 heavy (non-hydrogen) atoms. The number of likely N-dealkylation sites (tertiary alicyclic amines) is 1. The van der Waals surface area contributed by atoms with Crippen LogP contribution < -0.4 is 0 Å². The van der Waals surface area contributed by atoms with Crippen molar-refractivity contribution >= 4 is 6.09 Å². The van der Waals surface area contributed by atoms with Crippen molar-refractivity contribution in [3.63, 3.8) is 0 Å². The van der Waals surface area contributed by atoms with Gasteiger partial charge in [0.1, 0.15) is 5.60 Å². The van der Waals surface area contributed by atoms with Crippen molar-refractivity contribution in [2.45, 2.75) is 63.4 Å². The maximum Gasteiger partial charge on any atom is 0.410 e. The molecule has 0 spiro atoms. The number of nitrogens with zero attached hydrogens (tertiary/aromatic N) is 1. The fourth-order valence-electron chi connectivity index (χ4n) is 2.31. The van der Waals surface area contributed by atoms with Gasteiger partial charge in [-0.05, 0) is 40.0 Å². The molecule has 2 atom stereocenters. The topological polar surface area (TPSA) is 70.0 Å². The zero-order valence-corrected chi connectivity index (χ0v) is 10.6. The summed E-state index contributed by atoms with van der Waals surface area (Å²) in [7, 11) is 0. The van der Waals surface area contributed by atoms with Gasteiger partial charge in [0.2, 0.25) is 0 Å². The molecule has 1 aliphatic carbocycles. The number of aliphatic hydroxyl groups excluding tert-OH is 1. The maximum absolute atomic E-state index is 12.0. The lowest BCUT2D eigenvalue weighted by Gasteiger charge is -2.30. The van der Waals surface area contributed by atoms with Crippen LogP contribution in [0.5, 0.6) is 0 Å². The summed E-state index contributed by atoms with van der Waals surface area (Å²) in [5.41, 5.74) is -1.35. The molecular formula is C12H21NO4. The van der Waals surface area contributed by atoms with Crippen molar-refractivity contribution < 1.29 is 19.7 Å². The van der Waals surface area contributed by atoms with Gasteiger partial charge in [-0.3, -0.25) is 4.90 Å². The molecule has 2 rings (SSSR count). The summed E-state index contributed by atoms with van der Waals surface area (Å²) in [5.74, 6) is 0. The van der Waals surface area contributed by atoms with E-state index in [-0.39, 0.29) is 12.6 Å². The predicted molar refractivity (Wildman–Crippen MR) is 61.5 cm³/mol. The summed E-state index contributed by atoms with van der Waals surface area (Å²) in [6.07, 6.45) is 0.833. The first-order valence-electron chi connectivity index (χ1n) is 6.11. The van der Waals surface area contributed by atoms with Gasteiger partial charge in [-0.15, -0.1) is 0 Å². The number of ether oxygens (including phenoxy) is 1. The normalized spacial score (nSPS) is 31.5. The molecule has 1 heterocycles. The third-order valence-corrected chi connectivity index (χ3v) is 3.29. The smallest absolute Gasteiger partial charge is 0.410 e. The van der Waals surface area contributed by atoms with E-state index in [0.717, 1.165) is 0 Å². The Labute approximate surface area is 101 Å². The van der Waals surface area contributed by atoms with Crippen LogP contribution in [0.3, 0.4) is 0 Å². The fraction of sp³-hybridized carbons (Fsp3) is 0.917. The first-order valence-corrected chi connectivity index (χ1v) is 6.11. The van der Waals surface area contributed by atoms with Gasteiger partial charge < -0.3 is 14.9 Å². The molecule has 0 unspecified atom stereocenters. The number of aliphatic hydroxyl groups is 2.